The van der Waals surface area contributed by atoms with E-state index in [0.717, 1.165) is 24.3 Å². The zero-order valence-corrected chi connectivity index (χ0v) is 13.1. The fourth-order valence-electron chi connectivity index (χ4n) is 3.84. The standard InChI is InChI=1S/C17H26FN3/c1-12-10-20-8-4-3-5-15(20)11-21(12)17-7-6-14(18)9-16(17)13(2)19/h6-7,9,12-13,15H,3-5,8,10-11,19H2,1-2H3/t12?,13-,15?/m1/s1. The zero-order chi connectivity index (χ0) is 15.0. The van der Waals surface area contributed by atoms with Crippen LogP contribution in [0.3, 0.4) is 0 Å². The van der Waals surface area contributed by atoms with Gasteiger partial charge in [-0.05, 0) is 57.0 Å². The van der Waals surface area contributed by atoms with E-state index < -0.39 is 0 Å². The van der Waals surface area contributed by atoms with Gasteiger partial charge in [0.1, 0.15) is 5.82 Å². The number of anilines is 1. The minimum atomic E-state index is -0.199. The first-order valence-corrected chi connectivity index (χ1v) is 8.12. The fraction of sp³-hybridized carbons (Fsp3) is 0.647. The molecule has 116 valence electrons. The SMILES string of the molecule is CC1CN2CCCCC2CN1c1ccc(F)cc1[C@@H](C)N. The molecule has 2 fully saturated rings. The molecule has 0 aliphatic carbocycles. The van der Waals surface area contributed by atoms with Gasteiger partial charge in [-0.1, -0.05) is 6.42 Å². The lowest BCUT2D eigenvalue weighted by molar-refractivity contribution is 0.115. The molecule has 0 spiro atoms. The van der Waals surface area contributed by atoms with E-state index in [1.54, 1.807) is 12.1 Å². The molecule has 0 radical (unpaired) electrons. The van der Waals surface area contributed by atoms with E-state index in [1.165, 1.54) is 25.8 Å². The molecule has 1 aromatic carbocycles. The van der Waals surface area contributed by atoms with Crippen molar-refractivity contribution in [2.75, 3.05) is 24.5 Å². The maximum atomic E-state index is 13.6. The van der Waals surface area contributed by atoms with E-state index in [-0.39, 0.29) is 11.9 Å². The lowest BCUT2D eigenvalue weighted by atomic mass is 9.95. The third kappa shape index (κ3) is 2.92. The third-order valence-corrected chi connectivity index (χ3v) is 4.98. The number of hydrogen-bond acceptors (Lipinski definition) is 3. The first kappa shape index (κ1) is 14.8. The number of nitrogens with two attached hydrogens (primary N) is 1. The number of benzene rings is 1. The summed E-state index contributed by atoms with van der Waals surface area (Å²) in [6, 6.07) is 6.00. The number of fused-ring (bicyclic) bond motifs is 1. The highest BCUT2D eigenvalue weighted by Crippen LogP contribution is 2.32. The van der Waals surface area contributed by atoms with Gasteiger partial charge in [-0.3, -0.25) is 4.90 Å². The monoisotopic (exact) mass is 291 g/mol. The molecule has 0 saturated carbocycles. The molecule has 0 amide bonds. The molecule has 1 aromatic rings. The molecule has 21 heavy (non-hydrogen) atoms. The second kappa shape index (κ2) is 5.93. The molecule has 2 saturated heterocycles. The molecule has 2 N–H and O–H groups in total. The van der Waals surface area contributed by atoms with Gasteiger partial charge in [0.25, 0.3) is 0 Å². The summed E-state index contributed by atoms with van der Waals surface area (Å²) in [5.74, 6) is -0.199. The van der Waals surface area contributed by atoms with Gasteiger partial charge in [0.2, 0.25) is 0 Å². The van der Waals surface area contributed by atoms with Crippen molar-refractivity contribution in [2.45, 2.75) is 51.2 Å². The van der Waals surface area contributed by atoms with Crippen LogP contribution in [0.15, 0.2) is 18.2 Å². The van der Waals surface area contributed by atoms with Gasteiger partial charge < -0.3 is 10.6 Å². The highest BCUT2D eigenvalue weighted by Gasteiger charge is 2.33. The molecule has 3 atom stereocenters. The van der Waals surface area contributed by atoms with E-state index >= 15 is 0 Å². The van der Waals surface area contributed by atoms with Crippen molar-refractivity contribution in [2.24, 2.45) is 5.73 Å². The molecule has 3 rings (SSSR count). The molecule has 2 aliphatic rings. The predicted octanol–water partition coefficient (Wildman–Crippen LogP) is 2.91. The van der Waals surface area contributed by atoms with Gasteiger partial charge in [-0.25, -0.2) is 4.39 Å². The Labute approximate surface area is 126 Å². The minimum Gasteiger partial charge on any atom is -0.366 e. The van der Waals surface area contributed by atoms with Crippen LogP contribution >= 0.6 is 0 Å². The van der Waals surface area contributed by atoms with Gasteiger partial charge in [0, 0.05) is 36.9 Å². The van der Waals surface area contributed by atoms with Crippen LogP contribution in [-0.2, 0) is 0 Å². The molecular weight excluding hydrogens is 265 g/mol. The lowest BCUT2D eigenvalue weighted by Crippen LogP contribution is -2.59. The Balaban J connectivity index is 1.89. The van der Waals surface area contributed by atoms with E-state index in [9.17, 15) is 4.39 Å². The summed E-state index contributed by atoms with van der Waals surface area (Å²) in [5, 5.41) is 0. The van der Waals surface area contributed by atoms with E-state index in [2.05, 4.69) is 16.7 Å². The normalized spacial score (nSPS) is 28.3. The van der Waals surface area contributed by atoms with Gasteiger partial charge in [0.15, 0.2) is 0 Å². The molecule has 2 heterocycles. The number of nitrogens with zero attached hydrogens (tertiary/aromatic N) is 2. The fourth-order valence-corrected chi connectivity index (χ4v) is 3.84. The van der Waals surface area contributed by atoms with Crippen molar-refractivity contribution in [3.63, 3.8) is 0 Å². The highest BCUT2D eigenvalue weighted by atomic mass is 19.1. The van der Waals surface area contributed by atoms with Gasteiger partial charge in [-0.15, -0.1) is 0 Å². The van der Waals surface area contributed by atoms with Crippen molar-refractivity contribution in [3.8, 4) is 0 Å². The lowest BCUT2D eigenvalue weighted by Gasteiger charge is -2.49. The number of piperidine rings is 1. The summed E-state index contributed by atoms with van der Waals surface area (Å²) in [6.07, 6.45) is 3.93. The largest absolute Gasteiger partial charge is 0.366 e. The van der Waals surface area contributed by atoms with Gasteiger partial charge >= 0.3 is 0 Å². The number of halogens is 1. The summed E-state index contributed by atoms with van der Waals surface area (Å²) in [5.41, 5.74) is 8.10. The van der Waals surface area contributed by atoms with Crippen molar-refractivity contribution in [1.82, 2.24) is 4.90 Å². The number of piperazine rings is 1. The summed E-state index contributed by atoms with van der Waals surface area (Å²) >= 11 is 0. The van der Waals surface area contributed by atoms with Crippen LogP contribution in [0.25, 0.3) is 0 Å². The van der Waals surface area contributed by atoms with Crippen LogP contribution in [0.4, 0.5) is 10.1 Å². The summed E-state index contributed by atoms with van der Waals surface area (Å²) in [7, 11) is 0. The first-order valence-electron chi connectivity index (χ1n) is 8.12. The Morgan fingerprint density at radius 1 is 1.29 bits per heavy atom. The van der Waals surface area contributed by atoms with Crippen LogP contribution in [0.5, 0.6) is 0 Å². The van der Waals surface area contributed by atoms with Crippen LogP contribution in [0.2, 0.25) is 0 Å². The first-order chi connectivity index (χ1) is 10.1. The maximum absolute atomic E-state index is 13.6. The van der Waals surface area contributed by atoms with Crippen LogP contribution in [-0.4, -0.2) is 36.6 Å². The Morgan fingerprint density at radius 3 is 2.86 bits per heavy atom. The Morgan fingerprint density at radius 2 is 2.10 bits per heavy atom. The van der Waals surface area contributed by atoms with Crippen molar-refractivity contribution in [3.05, 3.63) is 29.6 Å². The van der Waals surface area contributed by atoms with E-state index in [4.69, 9.17) is 5.73 Å². The second-order valence-corrected chi connectivity index (χ2v) is 6.64. The minimum absolute atomic E-state index is 0.146. The Hall–Kier alpha value is -1.13. The molecule has 2 aliphatic heterocycles. The van der Waals surface area contributed by atoms with Gasteiger partial charge in [0.05, 0.1) is 0 Å². The van der Waals surface area contributed by atoms with Crippen LogP contribution in [0.1, 0.15) is 44.7 Å². The molecular formula is C17H26FN3. The van der Waals surface area contributed by atoms with Gasteiger partial charge in [-0.2, -0.15) is 0 Å². The molecule has 2 unspecified atom stereocenters. The zero-order valence-electron chi connectivity index (χ0n) is 13.1. The van der Waals surface area contributed by atoms with Crippen molar-refractivity contribution >= 4 is 5.69 Å². The Bertz CT molecular complexity index is 503. The predicted molar refractivity (Wildman–Crippen MR) is 85.0 cm³/mol. The van der Waals surface area contributed by atoms with Crippen LogP contribution < -0.4 is 10.6 Å². The summed E-state index contributed by atoms with van der Waals surface area (Å²) < 4.78 is 13.6. The molecule has 0 aromatic heterocycles. The molecule has 4 heteroatoms. The van der Waals surface area contributed by atoms with Crippen molar-refractivity contribution in [1.29, 1.82) is 0 Å². The maximum Gasteiger partial charge on any atom is 0.123 e. The van der Waals surface area contributed by atoms with Crippen molar-refractivity contribution < 1.29 is 4.39 Å². The average Bonchev–Trinajstić information content (AvgIpc) is 2.46. The highest BCUT2D eigenvalue weighted by molar-refractivity contribution is 5.56. The smallest absolute Gasteiger partial charge is 0.123 e. The molecule has 3 nitrogen and oxygen atoms in total. The average molecular weight is 291 g/mol. The second-order valence-electron chi connectivity index (χ2n) is 6.64. The van der Waals surface area contributed by atoms with Crippen LogP contribution in [0, 0.1) is 5.82 Å². The summed E-state index contributed by atoms with van der Waals surface area (Å²) in [6.45, 7) is 7.55. The van der Waals surface area contributed by atoms with E-state index in [0.29, 0.717) is 12.1 Å². The topological polar surface area (TPSA) is 32.5 Å². The summed E-state index contributed by atoms with van der Waals surface area (Å²) in [4.78, 5) is 5.06. The third-order valence-electron chi connectivity index (χ3n) is 4.98. The quantitative estimate of drug-likeness (QED) is 0.909. The number of hydrogen-bond donors (Lipinski definition) is 1. The Kier molecular flexibility index (Phi) is 4.18. The molecule has 0 bridgehead atoms. The number of rotatable bonds is 2. The van der Waals surface area contributed by atoms with E-state index in [1.807, 2.05) is 13.0 Å².